The summed E-state index contributed by atoms with van der Waals surface area (Å²) < 4.78 is 10.5. The lowest BCUT2D eigenvalue weighted by atomic mass is 10.0. The highest BCUT2D eigenvalue weighted by atomic mass is 16.4. The number of aromatic nitrogens is 2. The normalized spacial score (nSPS) is 13.5. The lowest BCUT2D eigenvalue weighted by Crippen LogP contribution is -2.38. The Labute approximate surface area is 138 Å². The number of furan rings is 1. The SMILES string of the molecule is Cc1nnc(-c2ccc(C(=O)NCC(C)(O)c3ccco3)cc2)o1. The maximum absolute atomic E-state index is 12.2. The minimum Gasteiger partial charge on any atom is -0.466 e. The van der Waals surface area contributed by atoms with Crippen molar-refractivity contribution in [3.8, 4) is 11.5 Å². The van der Waals surface area contributed by atoms with Crippen molar-refractivity contribution in [2.75, 3.05) is 6.54 Å². The van der Waals surface area contributed by atoms with E-state index < -0.39 is 5.60 Å². The monoisotopic (exact) mass is 327 g/mol. The van der Waals surface area contributed by atoms with E-state index in [-0.39, 0.29) is 12.5 Å². The summed E-state index contributed by atoms with van der Waals surface area (Å²) in [5.74, 6) is 0.979. The van der Waals surface area contributed by atoms with Gasteiger partial charge in [0.15, 0.2) is 0 Å². The van der Waals surface area contributed by atoms with Crippen LogP contribution in [0.15, 0.2) is 51.5 Å². The second-order valence-corrected chi connectivity index (χ2v) is 5.64. The molecular weight excluding hydrogens is 310 g/mol. The van der Waals surface area contributed by atoms with Gasteiger partial charge in [0, 0.05) is 18.1 Å². The molecule has 1 unspecified atom stereocenters. The molecule has 7 nitrogen and oxygen atoms in total. The van der Waals surface area contributed by atoms with Crippen LogP contribution in [0.1, 0.15) is 28.9 Å². The number of carbonyl (C=O) groups is 1. The fraction of sp³-hybridized carbons (Fsp3) is 0.235. The summed E-state index contributed by atoms with van der Waals surface area (Å²) in [4.78, 5) is 12.2. The maximum Gasteiger partial charge on any atom is 0.251 e. The van der Waals surface area contributed by atoms with Crippen molar-refractivity contribution >= 4 is 5.91 Å². The highest BCUT2D eigenvalue weighted by Gasteiger charge is 2.26. The van der Waals surface area contributed by atoms with E-state index in [9.17, 15) is 9.90 Å². The molecule has 0 saturated heterocycles. The third-order valence-electron chi connectivity index (χ3n) is 3.57. The molecule has 0 bridgehead atoms. The first-order chi connectivity index (χ1) is 11.5. The third kappa shape index (κ3) is 3.36. The average molecular weight is 327 g/mol. The summed E-state index contributed by atoms with van der Waals surface area (Å²) in [6.45, 7) is 3.32. The summed E-state index contributed by atoms with van der Waals surface area (Å²) in [5, 5.41) is 20.7. The van der Waals surface area contributed by atoms with E-state index in [1.54, 1.807) is 50.2 Å². The van der Waals surface area contributed by atoms with Gasteiger partial charge in [0.2, 0.25) is 11.8 Å². The second kappa shape index (κ2) is 6.29. The molecule has 0 fully saturated rings. The van der Waals surface area contributed by atoms with Gasteiger partial charge in [0.25, 0.3) is 5.91 Å². The lowest BCUT2D eigenvalue weighted by molar-refractivity contribution is 0.0330. The standard InChI is InChI=1S/C17H17N3O4/c1-11-19-20-16(24-11)13-7-5-12(6-8-13)15(21)18-10-17(2,22)14-4-3-9-23-14/h3-9,22H,10H2,1-2H3,(H,18,21). The van der Waals surface area contributed by atoms with E-state index in [0.29, 0.717) is 23.1 Å². The molecule has 2 aromatic heterocycles. The first-order valence-electron chi connectivity index (χ1n) is 7.41. The molecule has 2 heterocycles. The number of nitrogens with zero attached hydrogens (tertiary/aromatic N) is 2. The van der Waals surface area contributed by atoms with E-state index >= 15 is 0 Å². The van der Waals surface area contributed by atoms with Crippen LogP contribution in [0.5, 0.6) is 0 Å². The third-order valence-corrected chi connectivity index (χ3v) is 3.57. The quantitative estimate of drug-likeness (QED) is 0.745. The van der Waals surface area contributed by atoms with Crippen molar-refractivity contribution in [3.63, 3.8) is 0 Å². The molecule has 1 amide bonds. The Hall–Kier alpha value is -2.93. The van der Waals surface area contributed by atoms with E-state index in [1.807, 2.05) is 0 Å². The molecule has 7 heteroatoms. The molecule has 2 N–H and O–H groups in total. The van der Waals surface area contributed by atoms with Gasteiger partial charge in [-0.25, -0.2) is 0 Å². The minimum atomic E-state index is -1.28. The van der Waals surface area contributed by atoms with E-state index in [1.165, 1.54) is 6.26 Å². The molecule has 3 rings (SSSR count). The zero-order chi connectivity index (χ0) is 17.2. The van der Waals surface area contributed by atoms with Crippen LogP contribution in [0, 0.1) is 6.92 Å². The van der Waals surface area contributed by atoms with Gasteiger partial charge in [-0.1, -0.05) is 0 Å². The summed E-state index contributed by atoms with van der Waals surface area (Å²) in [5.41, 5.74) is -0.0830. The number of amides is 1. The van der Waals surface area contributed by atoms with Crippen LogP contribution in [-0.4, -0.2) is 27.8 Å². The van der Waals surface area contributed by atoms with Gasteiger partial charge in [-0.2, -0.15) is 0 Å². The van der Waals surface area contributed by atoms with Crippen molar-refractivity contribution in [2.24, 2.45) is 0 Å². The molecule has 0 aliphatic heterocycles. The second-order valence-electron chi connectivity index (χ2n) is 5.64. The van der Waals surface area contributed by atoms with Gasteiger partial charge in [-0.05, 0) is 43.3 Å². The molecule has 124 valence electrons. The first kappa shape index (κ1) is 15.9. The fourth-order valence-corrected chi connectivity index (χ4v) is 2.20. The van der Waals surface area contributed by atoms with E-state index in [0.717, 1.165) is 5.56 Å². The van der Waals surface area contributed by atoms with E-state index in [2.05, 4.69) is 15.5 Å². The summed E-state index contributed by atoms with van der Waals surface area (Å²) >= 11 is 0. The van der Waals surface area contributed by atoms with E-state index in [4.69, 9.17) is 8.83 Å². The Morgan fingerprint density at radius 1 is 1.25 bits per heavy atom. The highest BCUT2D eigenvalue weighted by molar-refractivity contribution is 5.94. The smallest absolute Gasteiger partial charge is 0.251 e. The first-order valence-corrected chi connectivity index (χ1v) is 7.41. The number of hydrogen-bond donors (Lipinski definition) is 2. The van der Waals surface area contributed by atoms with Gasteiger partial charge in [-0.15, -0.1) is 10.2 Å². The van der Waals surface area contributed by atoms with Crippen molar-refractivity contribution < 1.29 is 18.7 Å². The fourth-order valence-electron chi connectivity index (χ4n) is 2.20. The Morgan fingerprint density at radius 3 is 2.58 bits per heavy atom. The van der Waals surface area contributed by atoms with Gasteiger partial charge in [-0.3, -0.25) is 4.79 Å². The lowest BCUT2D eigenvalue weighted by Gasteiger charge is -2.21. The molecule has 1 atom stereocenters. The predicted molar refractivity (Wildman–Crippen MR) is 85.1 cm³/mol. The van der Waals surface area contributed by atoms with Gasteiger partial charge < -0.3 is 19.3 Å². The van der Waals surface area contributed by atoms with Crippen LogP contribution < -0.4 is 5.32 Å². The van der Waals surface area contributed by atoms with Crippen molar-refractivity contribution in [1.82, 2.24) is 15.5 Å². The summed E-state index contributed by atoms with van der Waals surface area (Å²) in [7, 11) is 0. The Balaban J connectivity index is 1.65. The molecule has 0 spiro atoms. The molecule has 0 radical (unpaired) electrons. The Bertz CT molecular complexity index is 820. The van der Waals surface area contributed by atoms with Crippen molar-refractivity contribution in [2.45, 2.75) is 19.4 Å². The van der Waals surface area contributed by atoms with Crippen LogP contribution in [-0.2, 0) is 5.60 Å². The number of rotatable bonds is 5. The Morgan fingerprint density at radius 2 is 2.00 bits per heavy atom. The van der Waals surface area contributed by atoms with Crippen LogP contribution in [0.25, 0.3) is 11.5 Å². The van der Waals surface area contributed by atoms with Gasteiger partial charge >= 0.3 is 0 Å². The molecular formula is C17H17N3O4. The zero-order valence-corrected chi connectivity index (χ0v) is 13.3. The molecule has 1 aromatic carbocycles. The van der Waals surface area contributed by atoms with Gasteiger partial charge in [0.05, 0.1) is 12.8 Å². The van der Waals surface area contributed by atoms with Crippen LogP contribution in [0.3, 0.4) is 0 Å². The zero-order valence-electron chi connectivity index (χ0n) is 13.3. The minimum absolute atomic E-state index is 0.0317. The number of aliphatic hydroxyl groups is 1. The Kier molecular flexibility index (Phi) is 4.18. The largest absolute Gasteiger partial charge is 0.466 e. The molecule has 3 aromatic rings. The van der Waals surface area contributed by atoms with Crippen LogP contribution in [0.4, 0.5) is 0 Å². The van der Waals surface area contributed by atoms with Crippen molar-refractivity contribution in [3.05, 3.63) is 59.9 Å². The van der Waals surface area contributed by atoms with Crippen LogP contribution >= 0.6 is 0 Å². The molecule has 24 heavy (non-hydrogen) atoms. The maximum atomic E-state index is 12.2. The predicted octanol–water partition coefficient (Wildman–Crippen LogP) is 2.28. The molecule has 0 saturated carbocycles. The number of benzene rings is 1. The summed E-state index contributed by atoms with van der Waals surface area (Å²) in [6, 6.07) is 10.1. The number of hydrogen-bond acceptors (Lipinski definition) is 6. The average Bonchev–Trinajstić information content (AvgIpc) is 3.25. The van der Waals surface area contributed by atoms with Crippen molar-refractivity contribution in [1.29, 1.82) is 0 Å². The molecule has 0 aliphatic carbocycles. The van der Waals surface area contributed by atoms with Crippen LogP contribution in [0.2, 0.25) is 0 Å². The highest BCUT2D eigenvalue weighted by Crippen LogP contribution is 2.21. The summed E-state index contributed by atoms with van der Waals surface area (Å²) in [6.07, 6.45) is 1.48. The number of aryl methyl sites for hydroxylation is 1. The van der Waals surface area contributed by atoms with Gasteiger partial charge in [0.1, 0.15) is 11.4 Å². The number of nitrogens with one attached hydrogen (secondary N) is 1. The topological polar surface area (TPSA) is 101 Å². The number of carbonyl (C=O) groups excluding carboxylic acids is 1. The molecule has 0 aliphatic rings.